The van der Waals surface area contributed by atoms with E-state index in [1.807, 2.05) is 0 Å². The first-order chi connectivity index (χ1) is 3.30. The highest BCUT2D eigenvalue weighted by Crippen LogP contribution is 2.04. The molecule has 1 aromatic heterocycles. The summed E-state index contributed by atoms with van der Waals surface area (Å²) in [6.45, 7) is 0. The van der Waals surface area contributed by atoms with E-state index < -0.39 is 0 Å². The van der Waals surface area contributed by atoms with E-state index in [9.17, 15) is 0 Å². The lowest BCUT2D eigenvalue weighted by Crippen LogP contribution is -1.82. The third kappa shape index (κ3) is 0.695. The minimum Gasteiger partial charge on any atom is -0.428 e. The topological polar surface area (TPSA) is 25.2 Å². The van der Waals surface area contributed by atoms with Crippen molar-refractivity contribution in [3.63, 3.8) is 0 Å². The van der Waals surface area contributed by atoms with Gasteiger partial charge in [-0.2, -0.15) is 4.73 Å². The van der Waals surface area contributed by atoms with Crippen molar-refractivity contribution in [2.24, 2.45) is 0 Å². The lowest BCUT2D eigenvalue weighted by Gasteiger charge is -1.86. The van der Waals surface area contributed by atoms with E-state index in [4.69, 9.17) is 16.8 Å². The van der Waals surface area contributed by atoms with Crippen LogP contribution >= 0.6 is 11.6 Å². The third-order valence-electron chi connectivity index (χ3n) is 0.680. The SMILES string of the molecule is On1cccc1Cl. The average Bonchev–Trinajstić information content (AvgIpc) is 1.91. The maximum absolute atomic E-state index is 8.54. The van der Waals surface area contributed by atoms with Gasteiger partial charge in [-0.15, -0.1) is 0 Å². The minimum atomic E-state index is 0.333. The quantitative estimate of drug-likeness (QED) is 0.511. The molecule has 0 amide bonds. The molecular weight excluding hydrogens is 114 g/mol. The molecule has 38 valence electrons. The standard InChI is InChI=1S/C4H4ClNO/c5-4-2-1-3-6(4)7/h1-3,7H. The van der Waals surface area contributed by atoms with Gasteiger partial charge in [-0.25, -0.2) is 0 Å². The zero-order valence-electron chi connectivity index (χ0n) is 3.50. The molecule has 3 heteroatoms. The molecule has 1 aromatic rings. The molecule has 0 atom stereocenters. The van der Waals surface area contributed by atoms with E-state index >= 15 is 0 Å². The Labute approximate surface area is 45.9 Å². The van der Waals surface area contributed by atoms with Crippen molar-refractivity contribution >= 4 is 11.6 Å². The minimum absolute atomic E-state index is 0.333. The summed E-state index contributed by atoms with van der Waals surface area (Å²) in [6, 6.07) is 3.25. The molecule has 1 N–H and O–H groups in total. The second-order valence-corrected chi connectivity index (χ2v) is 1.56. The van der Waals surface area contributed by atoms with Gasteiger partial charge in [0.2, 0.25) is 0 Å². The average molecular weight is 118 g/mol. The molecule has 0 saturated heterocycles. The highest BCUT2D eigenvalue weighted by molar-refractivity contribution is 6.29. The first kappa shape index (κ1) is 4.53. The summed E-state index contributed by atoms with van der Waals surface area (Å²) in [5, 5.41) is 8.88. The number of nitrogens with zero attached hydrogens (tertiary/aromatic N) is 1. The van der Waals surface area contributed by atoms with Crippen LogP contribution in [-0.2, 0) is 0 Å². The summed E-state index contributed by atoms with van der Waals surface area (Å²) >= 11 is 5.34. The summed E-state index contributed by atoms with van der Waals surface area (Å²) in [5.74, 6) is 0. The van der Waals surface area contributed by atoms with Gasteiger partial charge in [0.05, 0.1) is 0 Å². The first-order valence-electron chi connectivity index (χ1n) is 1.83. The van der Waals surface area contributed by atoms with Crippen molar-refractivity contribution in [3.05, 3.63) is 23.5 Å². The van der Waals surface area contributed by atoms with Gasteiger partial charge in [0.1, 0.15) is 5.15 Å². The Morgan fingerprint density at radius 1 is 1.71 bits per heavy atom. The third-order valence-corrected chi connectivity index (χ3v) is 0.979. The van der Waals surface area contributed by atoms with E-state index in [0.29, 0.717) is 5.15 Å². The van der Waals surface area contributed by atoms with Crippen molar-refractivity contribution in [1.29, 1.82) is 0 Å². The molecule has 0 radical (unpaired) electrons. The lowest BCUT2D eigenvalue weighted by molar-refractivity contribution is 0.188. The fourth-order valence-electron chi connectivity index (χ4n) is 0.352. The number of rotatable bonds is 0. The molecule has 0 fully saturated rings. The number of hydrogen-bond acceptors (Lipinski definition) is 1. The van der Waals surface area contributed by atoms with Gasteiger partial charge >= 0.3 is 0 Å². The van der Waals surface area contributed by atoms with Crippen molar-refractivity contribution in [1.82, 2.24) is 4.73 Å². The Hall–Kier alpha value is -0.630. The molecule has 1 heterocycles. The van der Waals surface area contributed by atoms with Crippen LogP contribution in [0.3, 0.4) is 0 Å². The number of halogens is 1. The molecule has 0 aliphatic carbocycles. The van der Waals surface area contributed by atoms with Gasteiger partial charge in [-0.1, -0.05) is 11.6 Å². The molecular formula is C4H4ClNO. The molecule has 2 nitrogen and oxygen atoms in total. The van der Waals surface area contributed by atoms with E-state index in [-0.39, 0.29) is 0 Å². The predicted octanol–water partition coefficient (Wildman–Crippen LogP) is 1.38. The molecule has 1 rings (SSSR count). The Bertz CT molecular complexity index is 144. The van der Waals surface area contributed by atoms with Gasteiger partial charge in [0.25, 0.3) is 0 Å². The zero-order chi connectivity index (χ0) is 5.28. The Morgan fingerprint density at radius 3 is 2.57 bits per heavy atom. The summed E-state index contributed by atoms with van der Waals surface area (Å²) in [6.07, 6.45) is 1.46. The van der Waals surface area contributed by atoms with Crippen molar-refractivity contribution in [2.45, 2.75) is 0 Å². The van der Waals surface area contributed by atoms with Crippen LogP contribution in [0.25, 0.3) is 0 Å². The Kier molecular flexibility index (Phi) is 0.947. The second-order valence-electron chi connectivity index (χ2n) is 1.18. The zero-order valence-corrected chi connectivity index (χ0v) is 4.26. The van der Waals surface area contributed by atoms with E-state index in [1.165, 1.54) is 6.20 Å². The molecule has 7 heavy (non-hydrogen) atoms. The van der Waals surface area contributed by atoms with Gasteiger partial charge in [-0.3, -0.25) is 0 Å². The predicted molar refractivity (Wildman–Crippen MR) is 26.6 cm³/mol. The van der Waals surface area contributed by atoms with Crippen LogP contribution in [0.2, 0.25) is 5.15 Å². The molecule has 0 unspecified atom stereocenters. The lowest BCUT2D eigenvalue weighted by atomic mass is 10.7. The van der Waals surface area contributed by atoms with Crippen LogP contribution < -0.4 is 0 Å². The van der Waals surface area contributed by atoms with Crippen LogP contribution in [0.1, 0.15) is 0 Å². The fourth-order valence-corrected chi connectivity index (χ4v) is 0.481. The molecule has 0 aliphatic rings. The smallest absolute Gasteiger partial charge is 0.145 e. The summed E-state index contributed by atoms with van der Waals surface area (Å²) < 4.78 is 0.849. The molecule has 0 aliphatic heterocycles. The van der Waals surface area contributed by atoms with Crippen LogP contribution in [0.5, 0.6) is 0 Å². The van der Waals surface area contributed by atoms with Crippen LogP contribution in [0.15, 0.2) is 18.3 Å². The van der Waals surface area contributed by atoms with Gasteiger partial charge < -0.3 is 5.21 Å². The summed E-state index contributed by atoms with van der Waals surface area (Å²) in [4.78, 5) is 0. The molecule has 0 spiro atoms. The second kappa shape index (κ2) is 1.46. The molecule has 0 aromatic carbocycles. The summed E-state index contributed by atoms with van der Waals surface area (Å²) in [5.41, 5.74) is 0. The largest absolute Gasteiger partial charge is 0.428 e. The van der Waals surface area contributed by atoms with Crippen molar-refractivity contribution in [2.75, 3.05) is 0 Å². The number of hydrogen-bond donors (Lipinski definition) is 1. The normalized spacial score (nSPS) is 9.29. The highest BCUT2D eigenvalue weighted by atomic mass is 35.5. The monoisotopic (exact) mass is 117 g/mol. The van der Waals surface area contributed by atoms with E-state index in [0.717, 1.165) is 4.73 Å². The highest BCUT2D eigenvalue weighted by Gasteiger charge is 1.87. The maximum atomic E-state index is 8.54. The molecule has 0 saturated carbocycles. The van der Waals surface area contributed by atoms with E-state index in [2.05, 4.69) is 0 Å². The van der Waals surface area contributed by atoms with Crippen LogP contribution in [0, 0.1) is 0 Å². The van der Waals surface area contributed by atoms with Gasteiger partial charge in [0, 0.05) is 6.20 Å². The van der Waals surface area contributed by atoms with Gasteiger partial charge in [0.15, 0.2) is 0 Å². The van der Waals surface area contributed by atoms with Crippen molar-refractivity contribution < 1.29 is 5.21 Å². The Balaban J connectivity index is 3.12. The summed E-state index contributed by atoms with van der Waals surface area (Å²) in [7, 11) is 0. The first-order valence-corrected chi connectivity index (χ1v) is 2.20. The number of aromatic nitrogens is 1. The van der Waals surface area contributed by atoms with Crippen molar-refractivity contribution in [3.8, 4) is 0 Å². The van der Waals surface area contributed by atoms with Gasteiger partial charge in [-0.05, 0) is 12.1 Å². The van der Waals surface area contributed by atoms with Crippen LogP contribution in [0.4, 0.5) is 0 Å². The van der Waals surface area contributed by atoms with Crippen LogP contribution in [-0.4, -0.2) is 9.94 Å². The Morgan fingerprint density at radius 2 is 2.43 bits per heavy atom. The van der Waals surface area contributed by atoms with E-state index in [1.54, 1.807) is 12.1 Å². The molecule has 0 bridgehead atoms. The fraction of sp³-hybridized carbons (Fsp3) is 0. The maximum Gasteiger partial charge on any atom is 0.145 e.